The molecule has 3 nitrogen and oxygen atoms in total. The Bertz CT molecular complexity index is 152. The van der Waals surface area contributed by atoms with E-state index in [1.54, 1.807) is 0 Å². The lowest BCUT2D eigenvalue weighted by atomic mass is 10.0. The van der Waals surface area contributed by atoms with Crippen LogP contribution in [-0.4, -0.2) is 41.8 Å². The molecule has 0 aromatic rings. The molecule has 0 bridgehead atoms. The largest absolute Gasteiger partial charge is 0.395 e. The Morgan fingerprint density at radius 2 is 2.31 bits per heavy atom. The van der Waals surface area contributed by atoms with Crippen LogP contribution >= 0.6 is 0 Å². The third-order valence-corrected chi connectivity index (χ3v) is 3.26. The first-order valence-corrected chi connectivity index (χ1v) is 5.27. The van der Waals surface area contributed by atoms with Crippen LogP contribution in [0.25, 0.3) is 0 Å². The van der Waals surface area contributed by atoms with Crippen LogP contribution in [0.3, 0.4) is 0 Å². The van der Waals surface area contributed by atoms with Crippen molar-refractivity contribution in [1.82, 2.24) is 4.90 Å². The Balaban J connectivity index is 2.48. The summed E-state index contributed by atoms with van der Waals surface area (Å²) in [7, 11) is 0. The van der Waals surface area contributed by atoms with Gasteiger partial charge in [-0.3, -0.25) is 4.90 Å². The molecule has 3 N–H and O–H groups in total. The molecule has 0 spiro atoms. The van der Waals surface area contributed by atoms with Crippen LogP contribution in [0.1, 0.15) is 26.7 Å². The Kier molecular flexibility index (Phi) is 4.16. The molecule has 0 aromatic heterocycles. The molecule has 0 saturated carbocycles. The van der Waals surface area contributed by atoms with Crippen LogP contribution in [0.4, 0.5) is 0 Å². The highest BCUT2D eigenvalue weighted by Gasteiger charge is 2.32. The molecule has 0 aliphatic carbocycles. The number of rotatable bonds is 4. The lowest BCUT2D eigenvalue weighted by Gasteiger charge is -2.30. The molecule has 3 atom stereocenters. The molecule has 0 amide bonds. The Morgan fingerprint density at radius 3 is 2.85 bits per heavy atom. The lowest BCUT2D eigenvalue weighted by Crippen LogP contribution is -2.42. The predicted octanol–water partition coefficient (Wildman–Crippen LogP) is 0.426. The number of hydrogen-bond donors (Lipinski definition) is 2. The zero-order chi connectivity index (χ0) is 9.84. The normalized spacial score (nSPS) is 32.3. The molecule has 1 heterocycles. The summed E-state index contributed by atoms with van der Waals surface area (Å²) in [5.41, 5.74) is 5.53. The fourth-order valence-electron chi connectivity index (χ4n) is 2.28. The quantitative estimate of drug-likeness (QED) is 0.669. The van der Waals surface area contributed by atoms with E-state index in [2.05, 4.69) is 18.7 Å². The van der Waals surface area contributed by atoms with Crippen molar-refractivity contribution < 1.29 is 5.11 Å². The highest BCUT2D eigenvalue weighted by atomic mass is 16.3. The van der Waals surface area contributed by atoms with Crippen molar-refractivity contribution in [2.24, 2.45) is 11.7 Å². The first-order chi connectivity index (χ1) is 6.20. The zero-order valence-corrected chi connectivity index (χ0v) is 8.74. The molecule has 3 heteroatoms. The third kappa shape index (κ3) is 2.42. The van der Waals surface area contributed by atoms with E-state index in [1.165, 1.54) is 6.42 Å². The number of nitrogens with two attached hydrogens (primary N) is 1. The minimum atomic E-state index is 0.288. The van der Waals surface area contributed by atoms with Gasteiger partial charge in [0.2, 0.25) is 0 Å². The molecule has 1 saturated heterocycles. The van der Waals surface area contributed by atoms with Crippen molar-refractivity contribution in [3.63, 3.8) is 0 Å². The minimum absolute atomic E-state index is 0.288. The maximum Gasteiger partial charge on any atom is 0.0589 e. The summed E-state index contributed by atoms with van der Waals surface area (Å²) in [5.74, 6) is 0.630. The van der Waals surface area contributed by atoms with Gasteiger partial charge in [-0.2, -0.15) is 0 Å². The van der Waals surface area contributed by atoms with Crippen molar-refractivity contribution >= 4 is 0 Å². The summed E-state index contributed by atoms with van der Waals surface area (Å²) >= 11 is 0. The van der Waals surface area contributed by atoms with Crippen molar-refractivity contribution in [3.8, 4) is 0 Å². The number of nitrogens with zero attached hydrogens (tertiary/aromatic N) is 1. The van der Waals surface area contributed by atoms with Crippen LogP contribution in [0.2, 0.25) is 0 Å². The van der Waals surface area contributed by atoms with E-state index in [1.807, 2.05) is 0 Å². The monoisotopic (exact) mass is 186 g/mol. The molecular formula is C10H22N2O. The van der Waals surface area contributed by atoms with Gasteiger partial charge >= 0.3 is 0 Å². The summed E-state index contributed by atoms with van der Waals surface area (Å²) in [5, 5.41) is 9.25. The van der Waals surface area contributed by atoms with Crippen LogP contribution in [0.5, 0.6) is 0 Å². The van der Waals surface area contributed by atoms with Crippen LogP contribution in [-0.2, 0) is 0 Å². The smallest absolute Gasteiger partial charge is 0.0589 e. The molecule has 13 heavy (non-hydrogen) atoms. The second-order valence-electron chi connectivity index (χ2n) is 4.18. The number of aliphatic hydroxyl groups excluding tert-OH is 1. The number of aliphatic hydroxyl groups is 1. The van der Waals surface area contributed by atoms with Crippen molar-refractivity contribution in [3.05, 3.63) is 0 Å². The van der Waals surface area contributed by atoms with E-state index in [4.69, 9.17) is 5.73 Å². The molecule has 1 aliphatic heterocycles. The van der Waals surface area contributed by atoms with Gasteiger partial charge in [-0.15, -0.1) is 0 Å². The highest BCUT2D eigenvalue weighted by molar-refractivity contribution is 4.87. The first kappa shape index (κ1) is 11.0. The van der Waals surface area contributed by atoms with Gasteiger partial charge in [-0.05, 0) is 38.8 Å². The van der Waals surface area contributed by atoms with Crippen LogP contribution in [0.15, 0.2) is 0 Å². The lowest BCUT2D eigenvalue weighted by molar-refractivity contribution is 0.106. The standard InChI is InChI=1S/C10H22N2O/c1-8-4-6-12(10(8)7-13)9(2)3-5-11/h8-10,13H,3-7,11H2,1-2H3. The molecule has 0 radical (unpaired) electrons. The summed E-state index contributed by atoms with van der Waals surface area (Å²) in [6.07, 6.45) is 2.24. The fourth-order valence-corrected chi connectivity index (χ4v) is 2.28. The van der Waals surface area contributed by atoms with Gasteiger partial charge in [0.15, 0.2) is 0 Å². The van der Waals surface area contributed by atoms with Gasteiger partial charge in [0.25, 0.3) is 0 Å². The maximum absolute atomic E-state index is 9.25. The van der Waals surface area contributed by atoms with E-state index in [9.17, 15) is 5.11 Å². The van der Waals surface area contributed by atoms with Crippen LogP contribution in [0, 0.1) is 5.92 Å². The van der Waals surface area contributed by atoms with Crippen molar-refractivity contribution in [2.75, 3.05) is 19.7 Å². The average molecular weight is 186 g/mol. The second kappa shape index (κ2) is 4.94. The highest BCUT2D eigenvalue weighted by Crippen LogP contribution is 2.26. The first-order valence-electron chi connectivity index (χ1n) is 5.27. The Hall–Kier alpha value is -0.120. The molecule has 78 valence electrons. The average Bonchev–Trinajstić information content (AvgIpc) is 2.47. The SMILES string of the molecule is CC1CCN(C(C)CCN)C1CO. The number of likely N-dealkylation sites (tertiary alicyclic amines) is 1. The van der Waals surface area contributed by atoms with E-state index >= 15 is 0 Å². The van der Waals surface area contributed by atoms with Crippen molar-refractivity contribution in [2.45, 2.75) is 38.8 Å². The van der Waals surface area contributed by atoms with Gasteiger partial charge in [-0.25, -0.2) is 0 Å². The molecule has 1 rings (SSSR count). The molecule has 1 fully saturated rings. The maximum atomic E-state index is 9.25. The van der Waals surface area contributed by atoms with E-state index in [0.717, 1.165) is 19.5 Å². The Labute approximate surface area is 80.9 Å². The summed E-state index contributed by atoms with van der Waals surface area (Å²) < 4.78 is 0. The molecule has 0 aromatic carbocycles. The van der Waals surface area contributed by atoms with Crippen LogP contribution < -0.4 is 5.73 Å². The van der Waals surface area contributed by atoms with Gasteiger partial charge in [-0.1, -0.05) is 6.92 Å². The molecule has 3 unspecified atom stereocenters. The van der Waals surface area contributed by atoms with Gasteiger partial charge in [0.1, 0.15) is 0 Å². The predicted molar refractivity (Wildman–Crippen MR) is 54.5 cm³/mol. The van der Waals surface area contributed by atoms with E-state index < -0.39 is 0 Å². The minimum Gasteiger partial charge on any atom is -0.395 e. The Morgan fingerprint density at radius 1 is 1.62 bits per heavy atom. The third-order valence-electron chi connectivity index (χ3n) is 3.26. The van der Waals surface area contributed by atoms with E-state index in [-0.39, 0.29) is 6.61 Å². The second-order valence-corrected chi connectivity index (χ2v) is 4.18. The molecular weight excluding hydrogens is 164 g/mol. The van der Waals surface area contributed by atoms with Gasteiger partial charge in [0.05, 0.1) is 6.61 Å². The van der Waals surface area contributed by atoms with E-state index in [0.29, 0.717) is 18.0 Å². The zero-order valence-electron chi connectivity index (χ0n) is 8.74. The number of hydrogen-bond acceptors (Lipinski definition) is 3. The summed E-state index contributed by atoms with van der Waals surface area (Å²) in [4.78, 5) is 2.40. The molecule has 1 aliphatic rings. The fraction of sp³-hybridized carbons (Fsp3) is 1.00. The topological polar surface area (TPSA) is 49.5 Å². The van der Waals surface area contributed by atoms with Gasteiger partial charge in [0, 0.05) is 12.1 Å². The van der Waals surface area contributed by atoms with Gasteiger partial charge < -0.3 is 10.8 Å². The van der Waals surface area contributed by atoms with Crippen molar-refractivity contribution in [1.29, 1.82) is 0 Å². The summed E-state index contributed by atoms with van der Waals surface area (Å²) in [6, 6.07) is 0.883. The summed E-state index contributed by atoms with van der Waals surface area (Å²) in [6.45, 7) is 6.57.